The summed E-state index contributed by atoms with van der Waals surface area (Å²) in [5.74, 6) is -2.37. The van der Waals surface area contributed by atoms with Crippen LogP contribution in [-0.2, 0) is 9.59 Å². The van der Waals surface area contributed by atoms with Gasteiger partial charge in [-0.2, -0.15) is 0 Å². The van der Waals surface area contributed by atoms with Gasteiger partial charge in [0.2, 0.25) is 0 Å². The normalized spacial score (nSPS) is 20.3. The van der Waals surface area contributed by atoms with Gasteiger partial charge in [0.25, 0.3) is 0 Å². The van der Waals surface area contributed by atoms with Crippen molar-refractivity contribution in [3.63, 3.8) is 0 Å². The maximum absolute atomic E-state index is 9.49. The molecule has 0 aliphatic heterocycles. The minimum absolute atomic E-state index is 0.0648. The summed E-state index contributed by atoms with van der Waals surface area (Å²) in [7, 11) is 0. The number of hydrogen-bond acceptors (Lipinski definition) is 4. The van der Waals surface area contributed by atoms with Gasteiger partial charge in [0.15, 0.2) is 0 Å². The molecule has 0 saturated heterocycles. The average Bonchev–Trinajstić information content (AvgIpc) is 3.15. The fourth-order valence-corrected chi connectivity index (χ4v) is 7.42. The Morgan fingerprint density at radius 3 is 0.296 bits per heavy atom. The highest BCUT2D eigenvalue weighted by Crippen LogP contribution is 2.18. The number of carbonyl (C=O) groups excluding carboxylic acids is 2. The quantitative estimate of drug-likeness (QED) is 0.263. The maximum Gasteiger partial charge on any atom is 0.0666 e. The molecule has 3 aliphatic carbocycles. The molecule has 3 fully saturated rings. The van der Waals surface area contributed by atoms with Crippen LogP contribution in [0.15, 0.2) is 24.3 Å². The van der Waals surface area contributed by atoms with E-state index in [0.717, 1.165) is 0 Å². The minimum Gasteiger partial charge on any atom is -0.545 e. The molecule has 54 heavy (non-hydrogen) atoms. The summed E-state index contributed by atoms with van der Waals surface area (Å²) in [5, 5.41) is 19.0. The van der Waals surface area contributed by atoms with Gasteiger partial charge in [0, 0.05) is 0 Å². The first kappa shape index (κ1) is 54.5. The summed E-state index contributed by atoms with van der Waals surface area (Å²) in [6.45, 7) is 8.95. The molecule has 0 N–H and O–H groups in total. The topological polar surface area (TPSA) is 80.3 Å². The summed E-state index contributed by atoms with van der Waals surface area (Å²) in [6, 6.07) is 0. The van der Waals surface area contributed by atoms with E-state index < -0.39 is 11.9 Å². The Bertz CT molecular complexity index is 528. The van der Waals surface area contributed by atoms with E-state index in [0.29, 0.717) is 0 Å². The van der Waals surface area contributed by atoms with Crippen molar-refractivity contribution < 1.29 is 19.8 Å². The number of hydrogen-bond donors (Lipinski definition) is 0. The van der Waals surface area contributed by atoms with Crippen molar-refractivity contribution in [2.45, 2.75) is 284 Å². The fourth-order valence-electron chi connectivity index (χ4n) is 7.42. The third-order valence-corrected chi connectivity index (χ3v) is 11.2. The van der Waals surface area contributed by atoms with E-state index >= 15 is 0 Å². The van der Waals surface area contributed by atoms with Crippen LogP contribution in [0.4, 0.5) is 0 Å². The summed E-state index contributed by atoms with van der Waals surface area (Å²) >= 11 is 0. The van der Waals surface area contributed by atoms with Crippen molar-refractivity contribution in [3.8, 4) is 0 Å². The standard InChI is InChI=1S/3C14H28.2C4H6O2/c3*1-2-4-6-8-10-12-14-13-11-9-7-5-3-1;2*1-3(2)4(5)6/h3*1-14H2;2*1H2,2H3,(H,5,6)/p-2. The smallest absolute Gasteiger partial charge is 0.0666 e. The van der Waals surface area contributed by atoms with Crippen LogP contribution in [0.25, 0.3) is 0 Å². The van der Waals surface area contributed by atoms with Crippen molar-refractivity contribution >= 4 is 11.9 Å². The molecule has 0 aromatic rings. The summed E-state index contributed by atoms with van der Waals surface area (Å²) < 4.78 is 0. The number of carboxylic acids is 2. The van der Waals surface area contributed by atoms with E-state index in [1.807, 2.05) is 0 Å². The molecule has 0 atom stereocenters. The Morgan fingerprint density at radius 2 is 0.278 bits per heavy atom. The van der Waals surface area contributed by atoms with Crippen molar-refractivity contribution in [2.75, 3.05) is 0 Å². The van der Waals surface area contributed by atoms with Crippen molar-refractivity contribution in [2.24, 2.45) is 0 Å². The third-order valence-electron chi connectivity index (χ3n) is 11.2. The lowest BCUT2D eigenvalue weighted by Crippen LogP contribution is -2.22. The molecule has 0 spiro atoms. The highest BCUT2D eigenvalue weighted by atomic mass is 16.4. The molecule has 3 aliphatic rings. The second kappa shape index (κ2) is 47.6. The fraction of sp³-hybridized carbons (Fsp3) is 0.880. The molecule has 0 unspecified atom stereocenters. The third kappa shape index (κ3) is 52.5. The van der Waals surface area contributed by atoms with E-state index in [4.69, 9.17) is 0 Å². The van der Waals surface area contributed by atoms with Crippen LogP contribution in [0.3, 0.4) is 0 Å². The van der Waals surface area contributed by atoms with Crippen LogP contribution < -0.4 is 10.2 Å². The molecular weight excluding hydrogens is 665 g/mol. The monoisotopic (exact) mass is 759 g/mol. The Hall–Kier alpha value is -1.58. The first-order valence-corrected chi connectivity index (χ1v) is 24.0. The van der Waals surface area contributed by atoms with E-state index in [2.05, 4.69) is 13.2 Å². The number of rotatable bonds is 2. The first-order valence-electron chi connectivity index (χ1n) is 24.0. The number of carboxylic acid groups (broad SMARTS) is 2. The zero-order valence-electron chi connectivity index (χ0n) is 36.7. The Morgan fingerprint density at radius 1 is 0.241 bits per heavy atom. The Labute approximate surface area is 338 Å². The van der Waals surface area contributed by atoms with Gasteiger partial charge in [-0.3, -0.25) is 0 Å². The van der Waals surface area contributed by atoms with Crippen molar-refractivity contribution in [1.29, 1.82) is 0 Å². The van der Waals surface area contributed by atoms with Gasteiger partial charge in [-0.1, -0.05) is 283 Å². The van der Waals surface area contributed by atoms with Crippen LogP contribution >= 0.6 is 0 Å². The van der Waals surface area contributed by atoms with Gasteiger partial charge in [0.05, 0.1) is 11.9 Å². The molecule has 0 amide bonds. The predicted molar refractivity (Wildman–Crippen MR) is 234 cm³/mol. The first-order chi connectivity index (χ1) is 26.3. The number of aliphatic carboxylic acids is 2. The van der Waals surface area contributed by atoms with E-state index in [9.17, 15) is 19.8 Å². The molecule has 320 valence electrons. The Balaban J connectivity index is 0. The summed E-state index contributed by atoms with van der Waals surface area (Å²) in [4.78, 5) is 19.0. The van der Waals surface area contributed by atoms with Gasteiger partial charge in [-0.15, -0.1) is 0 Å². The molecule has 0 heterocycles. The van der Waals surface area contributed by atoms with Crippen molar-refractivity contribution in [3.05, 3.63) is 24.3 Å². The molecule has 3 saturated carbocycles. The highest BCUT2D eigenvalue weighted by Gasteiger charge is 1.99. The van der Waals surface area contributed by atoms with E-state index in [1.54, 1.807) is 0 Å². The van der Waals surface area contributed by atoms with Gasteiger partial charge in [-0.25, -0.2) is 0 Å². The second-order valence-corrected chi connectivity index (χ2v) is 17.0. The zero-order valence-corrected chi connectivity index (χ0v) is 36.7. The molecule has 0 aromatic heterocycles. The molecule has 0 radical (unpaired) electrons. The Kier molecular flexibility index (Phi) is 48.0. The van der Waals surface area contributed by atoms with E-state index in [-0.39, 0.29) is 11.1 Å². The largest absolute Gasteiger partial charge is 0.545 e. The zero-order chi connectivity index (χ0) is 40.0. The van der Waals surface area contributed by atoms with Crippen LogP contribution in [-0.4, -0.2) is 11.9 Å². The molecule has 0 bridgehead atoms. The second-order valence-electron chi connectivity index (χ2n) is 17.0. The predicted octanol–water partition coefficient (Wildman–Crippen LogP) is 15.0. The van der Waals surface area contributed by atoms with Crippen LogP contribution in [0.2, 0.25) is 0 Å². The van der Waals surface area contributed by atoms with Crippen LogP contribution in [0.5, 0.6) is 0 Å². The van der Waals surface area contributed by atoms with Crippen LogP contribution in [0.1, 0.15) is 284 Å². The highest BCUT2D eigenvalue weighted by molar-refractivity contribution is 5.83. The minimum atomic E-state index is -1.19. The molecule has 4 nitrogen and oxygen atoms in total. The molecule has 3 rings (SSSR count). The van der Waals surface area contributed by atoms with Gasteiger partial charge in [-0.05, 0) is 25.0 Å². The lowest BCUT2D eigenvalue weighted by atomic mass is 10.0. The maximum atomic E-state index is 9.49. The average molecular weight is 759 g/mol. The lowest BCUT2D eigenvalue weighted by Gasteiger charge is -2.05. The van der Waals surface area contributed by atoms with Gasteiger partial charge in [0.1, 0.15) is 0 Å². The lowest BCUT2D eigenvalue weighted by molar-refractivity contribution is -0.300. The number of carbonyl (C=O) groups is 2. The van der Waals surface area contributed by atoms with Crippen LogP contribution in [0, 0.1) is 0 Å². The molecule has 0 aromatic carbocycles. The van der Waals surface area contributed by atoms with E-state index in [1.165, 1.54) is 284 Å². The van der Waals surface area contributed by atoms with Gasteiger partial charge < -0.3 is 19.8 Å². The van der Waals surface area contributed by atoms with Gasteiger partial charge >= 0.3 is 0 Å². The molecule has 4 heteroatoms. The SMILES string of the molecule is C1CCCCCCCCCCCCC1.C1CCCCCCCCCCCCC1.C1CCCCCCCCCCCCC1.C=C(C)C(=O)[O-].C=C(C)C(=O)[O-]. The van der Waals surface area contributed by atoms with Crippen molar-refractivity contribution in [1.82, 2.24) is 0 Å². The summed E-state index contributed by atoms with van der Waals surface area (Å²) in [5.41, 5.74) is 0.130. The molecular formula is C50H94O4-2. The summed E-state index contributed by atoms with van der Waals surface area (Å²) in [6.07, 6.45) is 63.0.